The predicted molar refractivity (Wildman–Crippen MR) is 138 cm³/mol. The standard InChI is InChI=1S/C24H28F3N7O5S/c1-7-33(5)22(36)15-8-9-19(28-13-15)34-20(30-23(31-34)32(3)4)14(2)29-21(35)16-10-17(39-24(25,26)27)12-18(11-16)40(6,37)38/h8-14H,7H2,1-6H3,(H,29,35)/t14-/m0/s1. The number of carbonyl (C=O) groups excluding carboxylic acids is 2. The molecule has 1 aromatic carbocycles. The second kappa shape index (κ2) is 11.5. The summed E-state index contributed by atoms with van der Waals surface area (Å²) in [5, 5.41) is 7.00. The molecule has 0 saturated heterocycles. The molecule has 216 valence electrons. The van der Waals surface area contributed by atoms with Gasteiger partial charge in [0.1, 0.15) is 5.75 Å². The Hall–Kier alpha value is -4.21. The zero-order valence-corrected chi connectivity index (χ0v) is 23.3. The van der Waals surface area contributed by atoms with Crippen LogP contribution in [-0.4, -0.2) is 85.2 Å². The first-order chi connectivity index (χ1) is 18.5. The van der Waals surface area contributed by atoms with E-state index in [1.165, 1.54) is 15.8 Å². The summed E-state index contributed by atoms with van der Waals surface area (Å²) in [4.78, 5) is 36.8. The van der Waals surface area contributed by atoms with Gasteiger partial charge in [-0.2, -0.15) is 9.67 Å². The molecule has 12 nitrogen and oxygen atoms in total. The van der Waals surface area contributed by atoms with Crippen molar-refractivity contribution >= 4 is 27.6 Å². The van der Waals surface area contributed by atoms with Crippen LogP contribution in [0, 0.1) is 0 Å². The molecule has 2 aromatic heterocycles. The van der Waals surface area contributed by atoms with E-state index in [1.807, 2.05) is 6.92 Å². The van der Waals surface area contributed by atoms with Crippen molar-refractivity contribution < 1.29 is 35.9 Å². The second-order valence-corrected chi connectivity index (χ2v) is 11.0. The van der Waals surface area contributed by atoms with Gasteiger partial charge in [-0.25, -0.2) is 13.4 Å². The second-order valence-electron chi connectivity index (χ2n) is 9.01. The van der Waals surface area contributed by atoms with Gasteiger partial charge in [-0.15, -0.1) is 18.3 Å². The Bertz CT molecular complexity index is 1510. The summed E-state index contributed by atoms with van der Waals surface area (Å²) in [7, 11) is 1.07. The summed E-state index contributed by atoms with van der Waals surface area (Å²) in [5.41, 5.74) is -0.0273. The molecule has 2 heterocycles. The Kier molecular flexibility index (Phi) is 8.72. The Morgan fingerprint density at radius 2 is 1.80 bits per heavy atom. The van der Waals surface area contributed by atoms with Gasteiger partial charge in [0.2, 0.25) is 5.95 Å². The van der Waals surface area contributed by atoms with Crippen molar-refractivity contribution in [2.75, 3.05) is 38.8 Å². The molecule has 0 aliphatic carbocycles. The molecular weight excluding hydrogens is 555 g/mol. The third-order valence-corrected chi connectivity index (χ3v) is 6.68. The lowest BCUT2D eigenvalue weighted by Crippen LogP contribution is -2.29. The first-order valence-corrected chi connectivity index (χ1v) is 13.7. The molecule has 1 N–H and O–H groups in total. The van der Waals surface area contributed by atoms with Crippen LogP contribution in [0.15, 0.2) is 41.4 Å². The van der Waals surface area contributed by atoms with E-state index in [2.05, 4.69) is 25.1 Å². The summed E-state index contributed by atoms with van der Waals surface area (Å²) in [6, 6.07) is 4.66. The summed E-state index contributed by atoms with van der Waals surface area (Å²) < 4.78 is 67.7. The minimum absolute atomic E-state index is 0.209. The molecule has 0 aliphatic rings. The number of hydrogen-bond acceptors (Lipinski definition) is 9. The SMILES string of the molecule is CCN(C)C(=O)c1ccc(-n2nc(N(C)C)nc2[C@H](C)NC(=O)c2cc(OC(F)(F)F)cc(S(C)(=O)=O)c2)nc1. The summed E-state index contributed by atoms with van der Waals surface area (Å²) in [6.45, 7) is 3.90. The number of amides is 2. The lowest BCUT2D eigenvalue weighted by atomic mass is 10.2. The van der Waals surface area contributed by atoms with Crippen LogP contribution in [0.4, 0.5) is 19.1 Å². The maximum absolute atomic E-state index is 13.1. The van der Waals surface area contributed by atoms with E-state index < -0.39 is 38.8 Å². The molecule has 3 aromatic rings. The largest absolute Gasteiger partial charge is 0.573 e. The van der Waals surface area contributed by atoms with Crippen molar-refractivity contribution in [3.63, 3.8) is 0 Å². The van der Waals surface area contributed by atoms with Crippen molar-refractivity contribution in [1.29, 1.82) is 0 Å². The highest BCUT2D eigenvalue weighted by molar-refractivity contribution is 7.90. The molecule has 16 heteroatoms. The van der Waals surface area contributed by atoms with Crippen molar-refractivity contribution in [2.24, 2.45) is 0 Å². The topological polar surface area (TPSA) is 140 Å². The molecule has 0 spiro atoms. The fourth-order valence-electron chi connectivity index (χ4n) is 3.41. The molecule has 0 aliphatic heterocycles. The minimum Gasteiger partial charge on any atom is -0.406 e. The van der Waals surface area contributed by atoms with Crippen LogP contribution < -0.4 is 15.0 Å². The number of sulfone groups is 1. The van der Waals surface area contributed by atoms with E-state index in [0.717, 1.165) is 18.4 Å². The number of benzene rings is 1. The lowest BCUT2D eigenvalue weighted by molar-refractivity contribution is -0.274. The highest BCUT2D eigenvalue weighted by atomic mass is 32.2. The van der Waals surface area contributed by atoms with Crippen molar-refractivity contribution in [3.8, 4) is 11.6 Å². The first kappa shape index (κ1) is 30.3. The fourth-order valence-corrected chi connectivity index (χ4v) is 4.08. The number of rotatable bonds is 9. The predicted octanol–water partition coefficient (Wildman–Crippen LogP) is 2.61. The Morgan fingerprint density at radius 1 is 1.12 bits per heavy atom. The zero-order valence-electron chi connectivity index (χ0n) is 22.5. The number of nitrogens with zero attached hydrogens (tertiary/aromatic N) is 6. The molecule has 0 unspecified atom stereocenters. The van der Waals surface area contributed by atoms with Gasteiger partial charge in [0.25, 0.3) is 11.8 Å². The van der Waals surface area contributed by atoms with E-state index in [9.17, 15) is 31.2 Å². The smallest absolute Gasteiger partial charge is 0.406 e. The van der Waals surface area contributed by atoms with Crippen LogP contribution in [0.25, 0.3) is 5.82 Å². The average molecular weight is 584 g/mol. The van der Waals surface area contributed by atoms with Gasteiger partial charge in [0.05, 0.1) is 16.5 Å². The monoisotopic (exact) mass is 583 g/mol. The molecule has 0 saturated carbocycles. The van der Waals surface area contributed by atoms with Crippen LogP contribution in [0.5, 0.6) is 5.75 Å². The number of pyridine rings is 1. The highest BCUT2D eigenvalue weighted by Crippen LogP contribution is 2.27. The molecule has 1 atom stereocenters. The van der Waals surface area contributed by atoms with Crippen LogP contribution in [0.3, 0.4) is 0 Å². The van der Waals surface area contributed by atoms with Gasteiger partial charge in [-0.05, 0) is 44.2 Å². The zero-order chi connectivity index (χ0) is 30.0. The number of anilines is 1. The van der Waals surface area contributed by atoms with Crippen LogP contribution in [0.2, 0.25) is 0 Å². The molecule has 0 radical (unpaired) electrons. The van der Waals surface area contributed by atoms with E-state index in [0.29, 0.717) is 18.2 Å². The van der Waals surface area contributed by atoms with Gasteiger partial charge < -0.3 is 19.9 Å². The van der Waals surface area contributed by atoms with Gasteiger partial charge >= 0.3 is 6.36 Å². The van der Waals surface area contributed by atoms with Crippen molar-refractivity contribution in [1.82, 2.24) is 30.0 Å². The van der Waals surface area contributed by atoms with Crippen LogP contribution >= 0.6 is 0 Å². The van der Waals surface area contributed by atoms with Gasteiger partial charge in [0.15, 0.2) is 21.5 Å². The third-order valence-electron chi connectivity index (χ3n) is 5.59. The minimum atomic E-state index is -5.10. The highest BCUT2D eigenvalue weighted by Gasteiger charge is 2.32. The average Bonchev–Trinajstić information content (AvgIpc) is 3.32. The maximum Gasteiger partial charge on any atom is 0.573 e. The lowest BCUT2D eigenvalue weighted by Gasteiger charge is -2.16. The number of ether oxygens (including phenoxy) is 1. The number of hydrogen-bond donors (Lipinski definition) is 1. The normalized spacial score (nSPS) is 12.5. The Labute approximate surface area is 228 Å². The molecule has 40 heavy (non-hydrogen) atoms. The molecule has 0 fully saturated rings. The number of halogens is 3. The number of carbonyl (C=O) groups is 2. The van der Waals surface area contributed by atoms with Gasteiger partial charge in [-0.3, -0.25) is 9.59 Å². The quantitative estimate of drug-likeness (QED) is 0.403. The number of aromatic nitrogens is 4. The van der Waals surface area contributed by atoms with Gasteiger partial charge in [-0.1, -0.05) is 0 Å². The van der Waals surface area contributed by atoms with Crippen LogP contribution in [-0.2, 0) is 9.84 Å². The Morgan fingerprint density at radius 3 is 2.33 bits per heavy atom. The van der Waals surface area contributed by atoms with E-state index in [-0.39, 0.29) is 29.1 Å². The van der Waals surface area contributed by atoms with Crippen LogP contribution in [0.1, 0.15) is 46.4 Å². The number of nitrogens with one attached hydrogen (secondary N) is 1. The summed E-state index contributed by atoms with van der Waals surface area (Å²) >= 11 is 0. The molecule has 3 rings (SSSR count). The maximum atomic E-state index is 13.1. The summed E-state index contributed by atoms with van der Waals surface area (Å²) in [6.07, 6.45) is -2.93. The fraction of sp³-hybridized carbons (Fsp3) is 0.375. The molecular formula is C24H28F3N7O5S. The first-order valence-electron chi connectivity index (χ1n) is 11.8. The van der Waals surface area contributed by atoms with E-state index in [1.54, 1.807) is 45.1 Å². The van der Waals surface area contributed by atoms with Gasteiger partial charge in [0, 0.05) is 45.7 Å². The molecule has 2 amide bonds. The number of alkyl halides is 3. The third kappa shape index (κ3) is 7.25. The summed E-state index contributed by atoms with van der Waals surface area (Å²) in [5.74, 6) is -1.21. The van der Waals surface area contributed by atoms with Crippen molar-refractivity contribution in [3.05, 3.63) is 53.5 Å². The van der Waals surface area contributed by atoms with E-state index >= 15 is 0 Å². The van der Waals surface area contributed by atoms with E-state index in [4.69, 9.17) is 0 Å². The molecule has 0 bridgehead atoms. The Balaban J connectivity index is 1.96. The van der Waals surface area contributed by atoms with Crippen molar-refractivity contribution in [2.45, 2.75) is 31.1 Å².